The summed E-state index contributed by atoms with van der Waals surface area (Å²) in [5, 5.41) is 24.5. The van der Waals surface area contributed by atoms with Gasteiger partial charge in [0.05, 0.1) is 28.6 Å². The van der Waals surface area contributed by atoms with Crippen molar-refractivity contribution in [3.05, 3.63) is 87.9 Å². The van der Waals surface area contributed by atoms with Crippen LogP contribution in [0.3, 0.4) is 0 Å². The average Bonchev–Trinajstić information content (AvgIpc) is 3.28. The third-order valence-corrected chi connectivity index (χ3v) is 6.51. The zero-order chi connectivity index (χ0) is 24.6. The van der Waals surface area contributed by atoms with Crippen molar-refractivity contribution >= 4 is 17.4 Å². The summed E-state index contributed by atoms with van der Waals surface area (Å²) in [7, 11) is 0. The number of thiazole rings is 1. The van der Waals surface area contributed by atoms with Crippen molar-refractivity contribution in [1.29, 1.82) is 0 Å². The van der Waals surface area contributed by atoms with E-state index < -0.39 is 23.8 Å². The predicted molar refractivity (Wildman–Crippen MR) is 135 cm³/mol. The summed E-state index contributed by atoms with van der Waals surface area (Å²) in [5.41, 5.74) is 1.50. The number of alkyl carbamates (subject to hydrolysis) is 1. The van der Waals surface area contributed by atoms with Gasteiger partial charge in [0, 0.05) is 18.5 Å². The molecular weight excluding hydrogens is 448 g/mol. The Morgan fingerprint density at radius 1 is 1.09 bits per heavy atom. The van der Waals surface area contributed by atoms with Gasteiger partial charge in [-0.05, 0) is 44.7 Å². The van der Waals surface area contributed by atoms with Gasteiger partial charge in [-0.15, -0.1) is 11.3 Å². The lowest BCUT2D eigenvalue weighted by Crippen LogP contribution is -2.49. The molecule has 3 rings (SSSR count). The van der Waals surface area contributed by atoms with Gasteiger partial charge in [0.25, 0.3) is 0 Å². The number of ether oxygens (including phenoxy) is 1. The first-order valence-corrected chi connectivity index (χ1v) is 12.4. The number of nitrogens with zero attached hydrogens (tertiary/aromatic N) is 1. The zero-order valence-corrected chi connectivity index (χ0v) is 20.8. The molecule has 3 atom stereocenters. The fraction of sp³-hybridized carbons (Fsp3) is 0.407. The first-order chi connectivity index (χ1) is 16.2. The summed E-state index contributed by atoms with van der Waals surface area (Å²) in [6.07, 6.45) is 1.88. The third kappa shape index (κ3) is 7.94. The third-order valence-electron chi connectivity index (χ3n) is 5.47. The van der Waals surface area contributed by atoms with Crippen LogP contribution in [0.15, 0.2) is 66.9 Å². The zero-order valence-electron chi connectivity index (χ0n) is 20.0. The number of aliphatic hydroxyl groups is 2. The summed E-state index contributed by atoms with van der Waals surface area (Å²) >= 11 is 1.43. The molecule has 0 saturated heterocycles. The van der Waals surface area contributed by atoms with Gasteiger partial charge < -0.3 is 20.3 Å². The molecule has 0 saturated carbocycles. The number of rotatable bonds is 10. The molecule has 1 heterocycles. The highest BCUT2D eigenvalue weighted by atomic mass is 32.1. The Morgan fingerprint density at radius 2 is 1.74 bits per heavy atom. The Hall–Kier alpha value is -2.74. The van der Waals surface area contributed by atoms with Crippen LogP contribution in [0.25, 0.3) is 0 Å². The highest BCUT2D eigenvalue weighted by Gasteiger charge is 2.32. The van der Waals surface area contributed by atoms with E-state index in [0.29, 0.717) is 19.3 Å². The Morgan fingerprint density at radius 3 is 2.32 bits per heavy atom. The van der Waals surface area contributed by atoms with Gasteiger partial charge in [-0.2, -0.15) is 0 Å². The SMILES string of the molecule is CC(C)(C)OC(=O)N[C@@H](C(Cc1ccccc1)c1ccccc1)[C@@H](O)CCc1ncc(CO)s1. The molecule has 6 nitrogen and oxygen atoms in total. The largest absolute Gasteiger partial charge is 0.444 e. The van der Waals surface area contributed by atoms with Gasteiger partial charge in [-0.1, -0.05) is 60.7 Å². The molecule has 1 unspecified atom stereocenters. The van der Waals surface area contributed by atoms with E-state index in [1.54, 1.807) is 6.20 Å². The van der Waals surface area contributed by atoms with Crippen molar-refractivity contribution in [1.82, 2.24) is 10.3 Å². The van der Waals surface area contributed by atoms with E-state index in [0.717, 1.165) is 21.0 Å². The highest BCUT2D eigenvalue weighted by molar-refractivity contribution is 7.11. The molecule has 182 valence electrons. The second kappa shape index (κ2) is 12.1. The molecule has 0 aliphatic heterocycles. The molecule has 1 amide bonds. The number of hydrogen-bond acceptors (Lipinski definition) is 6. The van der Waals surface area contributed by atoms with Gasteiger partial charge >= 0.3 is 6.09 Å². The Balaban J connectivity index is 1.87. The molecule has 0 radical (unpaired) electrons. The average molecular weight is 483 g/mol. The van der Waals surface area contributed by atoms with Crippen LogP contribution in [-0.4, -0.2) is 39.0 Å². The maximum absolute atomic E-state index is 12.8. The lowest BCUT2D eigenvalue weighted by atomic mass is 9.82. The van der Waals surface area contributed by atoms with Crippen molar-refractivity contribution < 1.29 is 19.7 Å². The monoisotopic (exact) mass is 482 g/mol. The molecule has 0 aliphatic carbocycles. The van der Waals surface area contributed by atoms with Crippen LogP contribution in [0.2, 0.25) is 0 Å². The van der Waals surface area contributed by atoms with E-state index in [4.69, 9.17) is 4.74 Å². The van der Waals surface area contributed by atoms with Gasteiger partial charge in [-0.3, -0.25) is 0 Å². The molecule has 3 aromatic rings. The molecule has 34 heavy (non-hydrogen) atoms. The number of aryl methyl sites for hydroxylation is 1. The number of nitrogens with one attached hydrogen (secondary N) is 1. The summed E-state index contributed by atoms with van der Waals surface area (Å²) in [4.78, 5) is 17.9. The molecule has 0 fully saturated rings. The molecule has 0 aliphatic rings. The molecule has 7 heteroatoms. The van der Waals surface area contributed by atoms with Gasteiger partial charge in [0.15, 0.2) is 0 Å². The van der Waals surface area contributed by atoms with E-state index in [-0.39, 0.29) is 12.5 Å². The van der Waals surface area contributed by atoms with Crippen LogP contribution in [-0.2, 0) is 24.2 Å². The van der Waals surface area contributed by atoms with Crippen molar-refractivity contribution in [2.24, 2.45) is 0 Å². The van der Waals surface area contributed by atoms with E-state index in [9.17, 15) is 15.0 Å². The molecule has 2 aromatic carbocycles. The van der Waals surface area contributed by atoms with E-state index in [1.807, 2.05) is 69.3 Å². The highest BCUT2D eigenvalue weighted by Crippen LogP contribution is 2.29. The second-order valence-electron chi connectivity index (χ2n) is 9.36. The van der Waals surface area contributed by atoms with E-state index in [2.05, 4.69) is 22.4 Å². The number of aromatic nitrogens is 1. The normalized spacial score (nSPS) is 14.3. The van der Waals surface area contributed by atoms with Gasteiger partial charge in [0.1, 0.15) is 5.60 Å². The van der Waals surface area contributed by atoms with Gasteiger partial charge in [-0.25, -0.2) is 9.78 Å². The Bertz CT molecular complexity index is 1020. The summed E-state index contributed by atoms with van der Waals surface area (Å²) in [5.74, 6) is -0.171. The maximum atomic E-state index is 12.8. The van der Waals surface area contributed by atoms with Gasteiger partial charge in [0.2, 0.25) is 0 Å². The first kappa shape index (κ1) is 25.9. The summed E-state index contributed by atoms with van der Waals surface area (Å²) in [6, 6.07) is 19.4. The Kier molecular flexibility index (Phi) is 9.21. The topological polar surface area (TPSA) is 91.7 Å². The fourth-order valence-corrected chi connectivity index (χ4v) is 4.71. The molecule has 0 spiro atoms. The predicted octanol–water partition coefficient (Wildman–Crippen LogP) is 4.85. The smallest absolute Gasteiger partial charge is 0.407 e. The molecule has 1 aromatic heterocycles. The van der Waals surface area contributed by atoms with Crippen LogP contribution in [0.5, 0.6) is 0 Å². The van der Waals surface area contributed by atoms with Crippen LogP contribution in [0.1, 0.15) is 54.1 Å². The van der Waals surface area contributed by atoms with Crippen molar-refractivity contribution in [2.45, 2.75) is 70.3 Å². The van der Waals surface area contributed by atoms with Crippen LogP contribution >= 0.6 is 11.3 Å². The minimum atomic E-state index is -0.831. The molecule has 3 N–H and O–H groups in total. The number of aliphatic hydroxyl groups excluding tert-OH is 2. The lowest BCUT2D eigenvalue weighted by Gasteiger charge is -2.33. The number of carbonyl (C=O) groups excluding carboxylic acids is 1. The number of benzene rings is 2. The van der Waals surface area contributed by atoms with Crippen molar-refractivity contribution in [2.75, 3.05) is 0 Å². The second-order valence-corrected chi connectivity index (χ2v) is 10.6. The Labute approximate surface area is 205 Å². The van der Waals surface area contributed by atoms with Crippen molar-refractivity contribution in [3.8, 4) is 0 Å². The quantitative estimate of drug-likeness (QED) is 0.384. The maximum Gasteiger partial charge on any atom is 0.407 e. The first-order valence-electron chi connectivity index (χ1n) is 11.6. The van der Waals surface area contributed by atoms with Crippen LogP contribution in [0, 0.1) is 0 Å². The van der Waals surface area contributed by atoms with E-state index >= 15 is 0 Å². The van der Waals surface area contributed by atoms with Crippen molar-refractivity contribution in [3.63, 3.8) is 0 Å². The minimum absolute atomic E-state index is 0.0454. The lowest BCUT2D eigenvalue weighted by molar-refractivity contribution is 0.0384. The molecular formula is C27H34N2O4S. The van der Waals surface area contributed by atoms with Crippen LogP contribution in [0.4, 0.5) is 4.79 Å². The summed E-state index contributed by atoms with van der Waals surface area (Å²) in [6.45, 7) is 5.41. The fourth-order valence-electron chi connectivity index (χ4n) is 3.92. The standard InChI is InChI=1S/C27H34N2O4S/c1-27(2,3)33-26(32)29-25(23(31)14-15-24-28-17-21(18-30)34-24)22(20-12-8-5-9-13-20)16-19-10-6-4-7-11-19/h4-13,17,22-23,25,30-31H,14-16,18H2,1-3H3,(H,29,32)/t22?,23-,25-/m0/s1. The number of carbonyl (C=O) groups is 1. The van der Waals surface area contributed by atoms with E-state index in [1.165, 1.54) is 11.3 Å². The van der Waals surface area contributed by atoms with Crippen LogP contribution < -0.4 is 5.32 Å². The number of amides is 1. The summed E-state index contributed by atoms with van der Waals surface area (Å²) < 4.78 is 5.54. The number of hydrogen-bond donors (Lipinski definition) is 3. The minimum Gasteiger partial charge on any atom is -0.444 e. The molecule has 0 bridgehead atoms.